The fraction of sp³-hybridized carbons (Fsp3) is 0.478. The lowest BCUT2D eigenvalue weighted by Crippen LogP contribution is -2.44. The van der Waals surface area contributed by atoms with E-state index in [9.17, 15) is 4.79 Å². The van der Waals surface area contributed by atoms with E-state index in [2.05, 4.69) is 25.5 Å². The summed E-state index contributed by atoms with van der Waals surface area (Å²) in [6.07, 6.45) is 6.97. The lowest BCUT2D eigenvalue weighted by molar-refractivity contribution is 0.0190. The first-order valence-electron chi connectivity index (χ1n) is 11.2. The minimum absolute atomic E-state index is 0.261. The van der Waals surface area contributed by atoms with Gasteiger partial charge in [-0.2, -0.15) is 0 Å². The normalized spacial score (nSPS) is 17.1. The first-order valence-corrected chi connectivity index (χ1v) is 11.6. The molecule has 1 saturated heterocycles. The zero-order valence-electron chi connectivity index (χ0n) is 18.2. The number of fused-ring (bicyclic) bond motifs is 2. The number of hydrogen-bond acceptors (Lipinski definition) is 8. The number of carbonyl (C=O) groups excluding carboxylic acids is 1. The first kappa shape index (κ1) is 21.3. The molecule has 0 aromatic carbocycles. The number of carbonyl (C=O) groups is 1. The Morgan fingerprint density at radius 3 is 2.78 bits per heavy atom. The number of esters is 1. The van der Waals surface area contributed by atoms with E-state index in [0.29, 0.717) is 32.7 Å². The number of piperazine rings is 1. The molecule has 4 heterocycles. The Hall–Kier alpha value is -2.55. The number of aromatic nitrogens is 3. The number of anilines is 1. The summed E-state index contributed by atoms with van der Waals surface area (Å²) in [6, 6.07) is 1.67. The number of hydrogen-bond donors (Lipinski definition) is 2. The lowest BCUT2D eigenvalue weighted by Gasteiger charge is -2.26. The van der Waals surface area contributed by atoms with Crippen LogP contribution in [0.1, 0.15) is 35.2 Å². The molecular formula is C23H27ClN6O2. The molecule has 0 spiro atoms. The van der Waals surface area contributed by atoms with Gasteiger partial charge in [0.2, 0.25) is 0 Å². The molecular weight excluding hydrogens is 428 g/mol. The number of halogens is 1. The summed E-state index contributed by atoms with van der Waals surface area (Å²) in [5.41, 5.74) is 4.54. The maximum atomic E-state index is 13.0. The molecule has 1 saturated carbocycles. The molecule has 1 aliphatic carbocycles. The van der Waals surface area contributed by atoms with Gasteiger partial charge in [-0.25, -0.2) is 9.78 Å². The topological polar surface area (TPSA) is 92.3 Å². The molecule has 2 aliphatic rings. The average molecular weight is 455 g/mol. The van der Waals surface area contributed by atoms with Gasteiger partial charge in [0.1, 0.15) is 23.3 Å². The molecule has 32 heavy (non-hydrogen) atoms. The molecule has 0 radical (unpaired) electrons. The third-order valence-corrected chi connectivity index (χ3v) is 6.61. The molecule has 2 fully saturated rings. The number of pyridine rings is 3. The van der Waals surface area contributed by atoms with Crippen LogP contribution in [0.15, 0.2) is 18.5 Å². The SMILES string of the molecule is Cc1c(Cl)cnc2c(NCCC3CC3)c3nccc(C(=O)OCN4CCNCC4)c3nc12. The molecule has 3 aromatic heterocycles. The van der Waals surface area contributed by atoms with Crippen molar-refractivity contribution >= 4 is 45.3 Å². The molecule has 0 unspecified atom stereocenters. The van der Waals surface area contributed by atoms with Gasteiger partial charge in [0.25, 0.3) is 0 Å². The van der Waals surface area contributed by atoms with Gasteiger partial charge in [0.05, 0.1) is 21.8 Å². The summed E-state index contributed by atoms with van der Waals surface area (Å²) in [5, 5.41) is 7.36. The van der Waals surface area contributed by atoms with Crippen LogP contribution in [0.4, 0.5) is 5.69 Å². The van der Waals surface area contributed by atoms with Gasteiger partial charge >= 0.3 is 5.97 Å². The summed E-state index contributed by atoms with van der Waals surface area (Å²) in [5.74, 6) is 0.397. The van der Waals surface area contributed by atoms with Crippen LogP contribution in [-0.4, -0.2) is 65.3 Å². The second-order valence-corrected chi connectivity index (χ2v) is 8.97. The molecule has 2 N–H and O–H groups in total. The maximum absolute atomic E-state index is 13.0. The summed E-state index contributed by atoms with van der Waals surface area (Å²) in [4.78, 5) is 29.0. The van der Waals surface area contributed by atoms with Crippen molar-refractivity contribution in [1.29, 1.82) is 0 Å². The summed E-state index contributed by atoms with van der Waals surface area (Å²) in [7, 11) is 0. The highest BCUT2D eigenvalue weighted by Crippen LogP contribution is 2.35. The van der Waals surface area contributed by atoms with Crippen LogP contribution in [0.25, 0.3) is 22.1 Å². The second-order valence-electron chi connectivity index (χ2n) is 8.56. The molecule has 9 heteroatoms. The monoisotopic (exact) mass is 454 g/mol. The maximum Gasteiger partial charge on any atom is 0.341 e. The summed E-state index contributed by atoms with van der Waals surface area (Å²) < 4.78 is 5.63. The van der Waals surface area contributed by atoms with Crippen molar-refractivity contribution in [1.82, 2.24) is 25.2 Å². The van der Waals surface area contributed by atoms with Crippen molar-refractivity contribution in [2.75, 3.05) is 44.8 Å². The second kappa shape index (κ2) is 9.13. The molecule has 0 amide bonds. The van der Waals surface area contributed by atoms with E-state index < -0.39 is 5.97 Å². The Morgan fingerprint density at radius 2 is 2.00 bits per heavy atom. The Morgan fingerprint density at radius 1 is 1.22 bits per heavy atom. The van der Waals surface area contributed by atoms with E-state index in [4.69, 9.17) is 21.3 Å². The number of rotatable bonds is 7. The highest BCUT2D eigenvalue weighted by atomic mass is 35.5. The zero-order valence-corrected chi connectivity index (χ0v) is 18.9. The Labute approximate surface area is 191 Å². The minimum Gasteiger partial charge on any atom is -0.446 e. The van der Waals surface area contributed by atoms with Crippen LogP contribution in [-0.2, 0) is 4.74 Å². The van der Waals surface area contributed by atoms with Crippen LogP contribution in [0, 0.1) is 12.8 Å². The van der Waals surface area contributed by atoms with Crippen molar-refractivity contribution in [2.45, 2.75) is 26.2 Å². The van der Waals surface area contributed by atoms with Crippen LogP contribution >= 0.6 is 11.6 Å². The Kier molecular flexibility index (Phi) is 6.08. The van der Waals surface area contributed by atoms with Crippen molar-refractivity contribution in [3.05, 3.63) is 34.6 Å². The van der Waals surface area contributed by atoms with Gasteiger partial charge in [-0.15, -0.1) is 0 Å². The molecule has 5 rings (SSSR count). The Bertz CT molecular complexity index is 1160. The predicted octanol–water partition coefficient (Wildman–Crippen LogP) is 3.37. The highest BCUT2D eigenvalue weighted by molar-refractivity contribution is 6.32. The van der Waals surface area contributed by atoms with E-state index >= 15 is 0 Å². The minimum atomic E-state index is -0.403. The van der Waals surface area contributed by atoms with Crippen molar-refractivity contribution in [2.24, 2.45) is 5.92 Å². The highest BCUT2D eigenvalue weighted by Gasteiger charge is 2.23. The van der Waals surface area contributed by atoms with Gasteiger partial charge in [-0.3, -0.25) is 14.9 Å². The van der Waals surface area contributed by atoms with Gasteiger partial charge in [-0.05, 0) is 30.9 Å². The number of nitrogens with zero attached hydrogens (tertiary/aromatic N) is 4. The van der Waals surface area contributed by atoms with Gasteiger partial charge < -0.3 is 15.4 Å². The van der Waals surface area contributed by atoms with E-state index in [1.165, 1.54) is 12.8 Å². The third-order valence-electron chi connectivity index (χ3n) is 6.23. The van der Waals surface area contributed by atoms with Crippen molar-refractivity contribution < 1.29 is 9.53 Å². The van der Waals surface area contributed by atoms with Crippen LogP contribution in [0.3, 0.4) is 0 Å². The molecule has 0 atom stereocenters. The van der Waals surface area contributed by atoms with E-state index in [1.54, 1.807) is 18.5 Å². The smallest absolute Gasteiger partial charge is 0.341 e. The summed E-state index contributed by atoms with van der Waals surface area (Å²) >= 11 is 6.34. The van der Waals surface area contributed by atoms with Crippen LogP contribution in [0.5, 0.6) is 0 Å². The molecule has 0 bridgehead atoms. The van der Waals surface area contributed by atoms with E-state index in [-0.39, 0.29) is 6.73 Å². The van der Waals surface area contributed by atoms with Crippen LogP contribution < -0.4 is 10.6 Å². The molecule has 1 aliphatic heterocycles. The van der Waals surface area contributed by atoms with Gasteiger partial charge in [-0.1, -0.05) is 24.4 Å². The van der Waals surface area contributed by atoms with Gasteiger partial charge in [0, 0.05) is 45.1 Å². The van der Waals surface area contributed by atoms with E-state index in [0.717, 1.165) is 56.3 Å². The standard InChI is InChI=1S/C23H27ClN6O2/c1-14-17(24)12-28-20-18(14)29-19-16(23(31)32-13-30-10-8-25-9-11-30)5-7-27-21(19)22(20)26-6-4-15-2-3-15/h5,7,12,15,25H,2-4,6,8-11,13H2,1H3,(H,26,29). The van der Waals surface area contributed by atoms with E-state index in [1.807, 2.05) is 6.92 Å². The zero-order chi connectivity index (χ0) is 22.1. The van der Waals surface area contributed by atoms with Crippen molar-refractivity contribution in [3.8, 4) is 0 Å². The predicted molar refractivity (Wildman–Crippen MR) is 125 cm³/mol. The molecule has 3 aromatic rings. The number of nitrogens with one attached hydrogen (secondary N) is 2. The fourth-order valence-electron chi connectivity index (χ4n) is 4.07. The fourth-order valence-corrected chi connectivity index (χ4v) is 4.21. The first-order chi connectivity index (χ1) is 15.6. The average Bonchev–Trinajstić information content (AvgIpc) is 3.64. The summed E-state index contributed by atoms with van der Waals surface area (Å²) in [6.45, 7) is 6.49. The third kappa shape index (κ3) is 4.35. The quantitative estimate of drug-likeness (QED) is 0.414. The van der Waals surface area contributed by atoms with Crippen molar-refractivity contribution in [3.63, 3.8) is 0 Å². The molecule has 8 nitrogen and oxygen atoms in total. The number of aryl methyl sites for hydroxylation is 1. The molecule has 168 valence electrons. The number of ether oxygens (including phenoxy) is 1. The van der Waals surface area contributed by atoms with Crippen LogP contribution in [0.2, 0.25) is 5.02 Å². The lowest BCUT2D eigenvalue weighted by atomic mass is 10.1. The van der Waals surface area contributed by atoms with Gasteiger partial charge in [0.15, 0.2) is 0 Å². The largest absolute Gasteiger partial charge is 0.446 e. The Balaban J connectivity index is 1.52.